The van der Waals surface area contributed by atoms with Crippen LogP contribution in [0.3, 0.4) is 0 Å². The predicted octanol–water partition coefficient (Wildman–Crippen LogP) is 9.07. The molecular weight excluding hydrogens is 1360 g/mol. The maximum Gasteiger partial charge on any atom is 1.00 e. The number of unbranched alkanes of at least 4 members (excludes halogenated alkanes) is 27. The average Bonchev–Trinajstić information content (AvgIpc) is 1.66. The Morgan fingerprint density at radius 3 is 1.82 bits per heavy atom. The van der Waals surface area contributed by atoms with Gasteiger partial charge in [0.15, 0.2) is 12.6 Å². The normalized spacial score (nSPS) is 15.9. The van der Waals surface area contributed by atoms with Crippen LogP contribution < -0.4 is 55.7 Å². The van der Waals surface area contributed by atoms with Crippen molar-refractivity contribution in [2.45, 2.75) is 315 Å². The van der Waals surface area contributed by atoms with Crippen molar-refractivity contribution >= 4 is 42.7 Å². The van der Waals surface area contributed by atoms with Crippen LogP contribution in [0.4, 0.5) is 5.69 Å². The number of nitrogens with zero attached hydrogens (tertiary/aromatic N) is 3. The number of aliphatic carboxylic acids is 1. The number of carboxylic acid groups (broad SMARTS) is 1. The first-order valence-electron chi connectivity index (χ1n) is 39.6. The van der Waals surface area contributed by atoms with Crippen molar-refractivity contribution in [3.63, 3.8) is 0 Å². The van der Waals surface area contributed by atoms with Gasteiger partial charge in [-0.3, -0.25) is 29.5 Å². The molecule has 594 valence electrons. The molecule has 0 saturated carbocycles. The number of anilines is 1. The zero-order chi connectivity index (χ0) is 75.0. The maximum absolute atomic E-state index is 12.6. The third-order valence-corrected chi connectivity index (χ3v) is 19.4. The molecular formula is C77H139N8NaO17P+. The van der Waals surface area contributed by atoms with E-state index >= 15 is 0 Å². The number of H-pyrrole nitrogens is 1. The van der Waals surface area contributed by atoms with Crippen molar-refractivity contribution in [2.24, 2.45) is 0 Å². The summed E-state index contributed by atoms with van der Waals surface area (Å²) in [4.78, 5) is 70.0. The number of aromatic amines is 1. The predicted molar refractivity (Wildman–Crippen MR) is 405 cm³/mol. The summed E-state index contributed by atoms with van der Waals surface area (Å²) in [6.45, 7) is 12.0. The zero-order valence-corrected chi connectivity index (χ0v) is 67.6. The minimum Gasteiger partial charge on any atom is -0.606 e. The van der Waals surface area contributed by atoms with Crippen LogP contribution in [0.2, 0.25) is 0 Å². The fourth-order valence-electron chi connectivity index (χ4n) is 12.4. The Kier molecular flexibility index (Phi) is 58.4. The number of hydrogen-bond donors (Lipinski definition) is 12. The van der Waals surface area contributed by atoms with E-state index in [9.17, 15) is 54.8 Å². The van der Waals surface area contributed by atoms with Crippen LogP contribution in [-0.4, -0.2) is 190 Å². The number of nitrogens with one attached hydrogen (secondary N) is 5. The Balaban J connectivity index is 0.000000708. The van der Waals surface area contributed by atoms with Gasteiger partial charge in [-0.1, -0.05) is 206 Å². The second-order valence-electron chi connectivity index (χ2n) is 27.6. The van der Waals surface area contributed by atoms with Gasteiger partial charge in [0.25, 0.3) is 0 Å². The van der Waals surface area contributed by atoms with E-state index < -0.39 is 64.2 Å². The number of carbonyl (C=O) groups excluding carboxylic acids is 2. The number of carboxylic acids is 1. The minimum atomic E-state index is -4.51. The topological polar surface area (TPSA) is 355 Å². The van der Waals surface area contributed by atoms with Gasteiger partial charge in [-0.25, -0.2) is 4.98 Å². The molecule has 12 N–H and O–H groups in total. The Bertz CT molecular complexity index is 2560. The molecule has 27 heteroatoms. The molecule has 4 rings (SSSR count). The number of phosphoric ester groups is 1. The molecule has 1 unspecified atom stereocenters. The minimum absolute atomic E-state index is 0. The molecule has 0 bridgehead atoms. The van der Waals surface area contributed by atoms with Crippen molar-refractivity contribution in [1.29, 1.82) is 0 Å². The SMILES string of the molecule is CCCCCCCCCCCCCCC[C@@H](O)O[C@H](CO[C@@H](O)CCCCCCCCCCCCCCC)CO[P+]([O-])(O)OCCNC(=O)CC[C@@H](O)NCC.CCOCCOCCC(=O)NCCCCCCN1Cc2cc([C@H](O)N(C)Cc3nc4ccccc4[nH]3)ccc2N[C@@H](CC(=O)O)[C@@H]1O.[Na+]. The van der Waals surface area contributed by atoms with Gasteiger partial charge in [0, 0.05) is 51.3 Å². The zero-order valence-electron chi connectivity index (χ0n) is 64.7. The van der Waals surface area contributed by atoms with E-state index in [1.54, 1.807) is 4.90 Å². The average molecular weight is 1500 g/mol. The molecule has 1 aromatic heterocycles. The fourth-order valence-corrected chi connectivity index (χ4v) is 13.1. The smallest absolute Gasteiger partial charge is 0.606 e. The number of fused-ring (bicyclic) bond motifs is 2. The Hall–Kier alpha value is -3.09. The first-order valence-corrected chi connectivity index (χ1v) is 41.1. The number of rotatable bonds is 65. The van der Waals surface area contributed by atoms with E-state index in [-0.39, 0.29) is 80.4 Å². The number of aliphatic hydroxyl groups excluding tert-OH is 5. The van der Waals surface area contributed by atoms with Crippen molar-refractivity contribution < 1.29 is 112 Å². The van der Waals surface area contributed by atoms with Gasteiger partial charge in [0.05, 0.1) is 56.5 Å². The monoisotopic (exact) mass is 1500 g/mol. The van der Waals surface area contributed by atoms with Crippen molar-refractivity contribution in [3.05, 3.63) is 59.4 Å². The molecule has 0 fully saturated rings. The van der Waals surface area contributed by atoms with Gasteiger partial charge in [0.1, 0.15) is 43.8 Å². The molecule has 0 saturated heterocycles. The third kappa shape index (κ3) is 48.4. The first kappa shape index (κ1) is 97.0. The van der Waals surface area contributed by atoms with E-state index in [0.29, 0.717) is 84.0 Å². The summed E-state index contributed by atoms with van der Waals surface area (Å²) in [5.41, 5.74) is 4.11. The largest absolute Gasteiger partial charge is 1.00 e. The van der Waals surface area contributed by atoms with Crippen molar-refractivity contribution in [3.8, 4) is 0 Å². The Morgan fingerprint density at radius 2 is 1.22 bits per heavy atom. The summed E-state index contributed by atoms with van der Waals surface area (Å²) in [5.74, 6) is -0.603. The van der Waals surface area contributed by atoms with E-state index in [2.05, 4.69) is 45.1 Å². The Labute approximate surface area is 646 Å². The van der Waals surface area contributed by atoms with Gasteiger partial charge >= 0.3 is 43.7 Å². The number of hydrogen-bond acceptors (Lipinski definition) is 21. The van der Waals surface area contributed by atoms with Crippen LogP contribution in [0, 0.1) is 0 Å². The first-order chi connectivity index (χ1) is 49.9. The van der Waals surface area contributed by atoms with Crippen LogP contribution in [0.5, 0.6) is 0 Å². The number of benzene rings is 2. The summed E-state index contributed by atoms with van der Waals surface area (Å²) in [5, 5.41) is 74.4. The van der Waals surface area contributed by atoms with Gasteiger partial charge in [-0.15, -0.1) is 0 Å². The molecule has 25 nitrogen and oxygen atoms in total. The van der Waals surface area contributed by atoms with Crippen LogP contribution >= 0.6 is 8.17 Å². The molecule has 1 aliphatic rings. The maximum atomic E-state index is 12.6. The standard InChI is InChI=1S/C43H89N2O10P.C34H50N6O7.Na/c1-4-7-9-11-13-15-17-19-21-23-25-27-29-31-42(48)52-37-39(38-54-56(50,51)53-36-35-45-41(47)34-33-40(46)44-6-3)55-43(49)32-30-28-26-24-22-20-18-16-14-12-10-8-5-2;1-3-46-18-19-47-17-14-31(41)35-15-8-4-5-9-16-40-22-25-20-24(12-13-26(25)36-29(34(40)45)21-32(42)43)33(44)39(2)23-30-37-27-10-6-7-11-28(27)38-30;/h39-40,42-44,46,48-49H,4-38H2,1-3H3,(H,45,47)(H,50,51);6-7,10-13,20,29,33-34,36,44-45H,3-5,8-9,14-19,21-23H2,1-2H3,(H,35,41)(H,37,38)(H,42,43);/q;;+1/t39-,40-,42-,43+;29-,33-,34-;/m10./s1. The van der Waals surface area contributed by atoms with Crippen LogP contribution in [0.15, 0.2) is 42.5 Å². The molecule has 0 aliphatic carbocycles. The molecule has 0 radical (unpaired) electrons. The molecule has 3 aromatic rings. The third-order valence-electron chi connectivity index (χ3n) is 18.4. The molecule has 8 atom stereocenters. The quantitative estimate of drug-likeness (QED) is 0.0108. The van der Waals surface area contributed by atoms with E-state index in [4.69, 9.17) is 28.0 Å². The summed E-state index contributed by atoms with van der Waals surface area (Å²) >= 11 is 0. The number of amides is 2. The van der Waals surface area contributed by atoms with Gasteiger partial charge in [-0.2, -0.15) is 13.9 Å². The number of aliphatic hydroxyl groups is 5. The summed E-state index contributed by atoms with van der Waals surface area (Å²) < 4.78 is 32.2. The molecule has 2 amide bonds. The van der Waals surface area contributed by atoms with Gasteiger partial charge in [0.2, 0.25) is 11.8 Å². The van der Waals surface area contributed by atoms with Gasteiger partial charge in [-0.05, 0) is 101 Å². The second-order valence-corrected chi connectivity index (χ2v) is 29.0. The number of imidazole rings is 1. The van der Waals surface area contributed by atoms with Gasteiger partial charge < -0.3 is 75.4 Å². The number of para-hydroxylation sites is 2. The summed E-state index contributed by atoms with van der Waals surface area (Å²) in [7, 11) is -2.69. The number of phosphoric acid groups is 1. The van der Waals surface area contributed by atoms with E-state index in [0.717, 1.165) is 92.3 Å². The van der Waals surface area contributed by atoms with E-state index in [1.165, 1.54) is 128 Å². The second kappa shape index (κ2) is 62.6. The number of ether oxygens (including phenoxy) is 4. The molecule has 1 aliphatic heterocycles. The van der Waals surface area contributed by atoms with Crippen LogP contribution in [0.1, 0.15) is 282 Å². The summed E-state index contributed by atoms with van der Waals surface area (Å²) in [6, 6.07) is 12.7. The van der Waals surface area contributed by atoms with E-state index in [1.807, 2.05) is 68.3 Å². The fraction of sp³-hybridized carbons (Fsp3) is 0.792. The number of carbonyl (C=O) groups is 3. The van der Waals surface area contributed by atoms with Crippen LogP contribution in [0.25, 0.3) is 11.0 Å². The van der Waals surface area contributed by atoms with Crippen LogP contribution in [-0.2, 0) is 55.5 Å². The van der Waals surface area contributed by atoms with Crippen molar-refractivity contribution in [1.82, 2.24) is 35.7 Å². The molecule has 0 spiro atoms. The van der Waals surface area contributed by atoms with Crippen molar-refractivity contribution in [2.75, 3.05) is 84.8 Å². The molecule has 104 heavy (non-hydrogen) atoms. The molecule has 2 aromatic carbocycles. The Morgan fingerprint density at radius 1 is 0.663 bits per heavy atom. The molecule has 2 heterocycles. The number of aromatic nitrogens is 2. The summed E-state index contributed by atoms with van der Waals surface area (Å²) in [6.07, 6.45) is 31.0.